The van der Waals surface area contributed by atoms with Gasteiger partial charge in [-0.25, -0.2) is 4.79 Å². The molecule has 1 rings (SSSR count). The molecule has 0 aliphatic heterocycles. The molecule has 0 radical (unpaired) electrons. The van der Waals surface area contributed by atoms with Gasteiger partial charge in [0.25, 0.3) is 0 Å². The van der Waals surface area contributed by atoms with E-state index in [1.165, 1.54) is 5.56 Å². The Morgan fingerprint density at radius 2 is 1.82 bits per heavy atom. The molecule has 0 bridgehead atoms. The number of carboxylic acids is 1. The number of carbonyl (C=O) groups is 1. The van der Waals surface area contributed by atoms with Crippen LogP contribution >= 0.6 is 0 Å². The molecule has 2 nitrogen and oxygen atoms in total. The van der Waals surface area contributed by atoms with Crippen molar-refractivity contribution in [1.29, 1.82) is 0 Å². The molecule has 17 heavy (non-hydrogen) atoms. The standard InChI is InChI=1S/C15H20O2/c1-15(2,3)11-5-4-6-12-7-9-13(10-8-12)14(16)17/h5,7-11H,4,6H2,1-3H3,(H,16,17). The van der Waals surface area contributed by atoms with Gasteiger partial charge in [0.05, 0.1) is 5.56 Å². The highest BCUT2D eigenvalue weighted by Gasteiger charge is 2.03. The molecule has 0 aliphatic carbocycles. The van der Waals surface area contributed by atoms with E-state index in [1.54, 1.807) is 12.1 Å². The Hall–Kier alpha value is -1.57. The summed E-state index contributed by atoms with van der Waals surface area (Å²) in [7, 11) is 0. The molecule has 1 N–H and O–H groups in total. The van der Waals surface area contributed by atoms with Gasteiger partial charge < -0.3 is 5.11 Å². The van der Waals surface area contributed by atoms with Gasteiger partial charge in [0, 0.05) is 0 Å². The number of rotatable bonds is 4. The first-order chi connectivity index (χ1) is 7.88. The maximum atomic E-state index is 10.7. The second-order valence-corrected chi connectivity index (χ2v) is 5.31. The van der Waals surface area contributed by atoms with Gasteiger partial charge in [0.2, 0.25) is 0 Å². The quantitative estimate of drug-likeness (QED) is 0.799. The summed E-state index contributed by atoms with van der Waals surface area (Å²) in [6.07, 6.45) is 6.33. The summed E-state index contributed by atoms with van der Waals surface area (Å²) in [5.74, 6) is -0.871. The van der Waals surface area contributed by atoms with Crippen LogP contribution < -0.4 is 0 Å². The summed E-state index contributed by atoms with van der Waals surface area (Å²) in [5.41, 5.74) is 1.75. The van der Waals surface area contributed by atoms with Gasteiger partial charge in [0.15, 0.2) is 0 Å². The van der Waals surface area contributed by atoms with E-state index < -0.39 is 5.97 Å². The van der Waals surface area contributed by atoms with Crippen LogP contribution in [0.25, 0.3) is 0 Å². The van der Waals surface area contributed by atoms with Gasteiger partial charge in [-0.15, -0.1) is 0 Å². The van der Waals surface area contributed by atoms with Crippen molar-refractivity contribution in [3.05, 3.63) is 47.5 Å². The molecule has 0 spiro atoms. The first-order valence-corrected chi connectivity index (χ1v) is 5.88. The summed E-state index contributed by atoms with van der Waals surface area (Å²) in [6, 6.07) is 7.08. The average molecular weight is 232 g/mol. The molecule has 0 saturated carbocycles. The first kappa shape index (κ1) is 13.5. The zero-order chi connectivity index (χ0) is 12.9. The van der Waals surface area contributed by atoms with Gasteiger partial charge in [-0.3, -0.25) is 0 Å². The molecule has 0 aromatic heterocycles. The fourth-order valence-electron chi connectivity index (χ4n) is 1.50. The third-order valence-corrected chi connectivity index (χ3v) is 2.42. The van der Waals surface area contributed by atoms with Gasteiger partial charge in [-0.05, 0) is 36.0 Å². The Bertz CT molecular complexity index is 394. The molecule has 2 heteroatoms. The molecule has 1 aromatic carbocycles. The lowest BCUT2D eigenvalue weighted by Gasteiger charge is -2.10. The Balaban J connectivity index is 2.48. The molecular formula is C15H20O2. The monoisotopic (exact) mass is 232 g/mol. The minimum atomic E-state index is -0.871. The van der Waals surface area contributed by atoms with Crippen molar-refractivity contribution in [3.8, 4) is 0 Å². The Labute approximate surface area is 103 Å². The molecular weight excluding hydrogens is 212 g/mol. The van der Waals surface area contributed by atoms with E-state index in [2.05, 4.69) is 32.9 Å². The van der Waals surface area contributed by atoms with Crippen molar-refractivity contribution in [1.82, 2.24) is 0 Å². The summed E-state index contributed by atoms with van der Waals surface area (Å²) in [4.78, 5) is 10.7. The minimum Gasteiger partial charge on any atom is -0.478 e. The van der Waals surface area contributed by atoms with Gasteiger partial charge in [-0.2, -0.15) is 0 Å². The molecule has 92 valence electrons. The fraction of sp³-hybridized carbons (Fsp3) is 0.400. The summed E-state index contributed by atoms with van der Waals surface area (Å²) < 4.78 is 0. The maximum Gasteiger partial charge on any atom is 0.335 e. The van der Waals surface area contributed by atoms with Crippen LogP contribution in [0, 0.1) is 5.41 Å². The number of aryl methyl sites for hydroxylation is 1. The van der Waals surface area contributed by atoms with Crippen molar-refractivity contribution >= 4 is 5.97 Å². The summed E-state index contributed by atoms with van der Waals surface area (Å²) in [5, 5.41) is 8.77. The first-order valence-electron chi connectivity index (χ1n) is 5.88. The summed E-state index contributed by atoms with van der Waals surface area (Å²) >= 11 is 0. The van der Waals surface area contributed by atoms with Crippen LogP contribution in [0.4, 0.5) is 0 Å². The highest BCUT2D eigenvalue weighted by Crippen LogP contribution is 2.15. The molecule has 0 fully saturated rings. The predicted molar refractivity (Wildman–Crippen MR) is 70.3 cm³/mol. The van der Waals surface area contributed by atoms with Crippen LogP contribution in [0.1, 0.15) is 43.1 Å². The van der Waals surface area contributed by atoms with Crippen molar-refractivity contribution < 1.29 is 9.90 Å². The molecule has 0 unspecified atom stereocenters. The zero-order valence-corrected chi connectivity index (χ0v) is 10.7. The minimum absolute atomic E-state index is 0.229. The predicted octanol–water partition coefficient (Wildman–Crippen LogP) is 3.92. The van der Waals surface area contributed by atoms with E-state index in [0.29, 0.717) is 5.56 Å². The largest absolute Gasteiger partial charge is 0.478 e. The normalized spacial score (nSPS) is 11.9. The average Bonchev–Trinajstić information content (AvgIpc) is 2.24. The van der Waals surface area contributed by atoms with E-state index in [4.69, 9.17) is 5.11 Å². The Kier molecular flexibility index (Phi) is 4.50. The summed E-state index contributed by atoms with van der Waals surface area (Å²) in [6.45, 7) is 6.52. The number of hydrogen-bond acceptors (Lipinski definition) is 1. The van der Waals surface area contributed by atoms with Crippen molar-refractivity contribution in [2.75, 3.05) is 0 Å². The van der Waals surface area contributed by atoms with E-state index in [-0.39, 0.29) is 5.41 Å². The van der Waals surface area contributed by atoms with Crippen molar-refractivity contribution in [2.45, 2.75) is 33.6 Å². The smallest absolute Gasteiger partial charge is 0.335 e. The van der Waals surface area contributed by atoms with Gasteiger partial charge >= 0.3 is 5.97 Å². The SMILES string of the molecule is CC(C)(C)C=CCCc1ccc(C(=O)O)cc1. The van der Waals surface area contributed by atoms with E-state index in [9.17, 15) is 4.79 Å². The highest BCUT2D eigenvalue weighted by atomic mass is 16.4. The second kappa shape index (κ2) is 5.67. The lowest BCUT2D eigenvalue weighted by atomic mass is 9.95. The lowest BCUT2D eigenvalue weighted by Crippen LogP contribution is -1.98. The highest BCUT2D eigenvalue weighted by molar-refractivity contribution is 5.87. The van der Waals surface area contributed by atoms with Crippen LogP contribution in [0.5, 0.6) is 0 Å². The number of benzene rings is 1. The van der Waals surface area contributed by atoms with Crippen molar-refractivity contribution in [3.63, 3.8) is 0 Å². The van der Waals surface area contributed by atoms with Crippen LogP contribution in [-0.2, 0) is 6.42 Å². The van der Waals surface area contributed by atoms with Crippen LogP contribution in [0.2, 0.25) is 0 Å². The topological polar surface area (TPSA) is 37.3 Å². The third kappa shape index (κ3) is 5.34. The molecule has 0 heterocycles. The number of hydrogen-bond donors (Lipinski definition) is 1. The Morgan fingerprint density at radius 1 is 1.24 bits per heavy atom. The molecule has 0 atom stereocenters. The Morgan fingerprint density at radius 3 is 2.29 bits per heavy atom. The van der Waals surface area contributed by atoms with E-state index in [1.807, 2.05) is 12.1 Å². The van der Waals surface area contributed by atoms with Gasteiger partial charge in [0.1, 0.15) is 0 Å². The zero-order valence-electron chi connectivity index (χ0n) is 10.7. The number of carboxylic acid groups (broad SMARTS) is 1. The number of allylic oxidation sites excluding steroid dienone is 2. The lowest BCUT2D eigenvalue weighted by molar-refractivity contribution is 0.0697. The molecule has 0 saturated heterocycles. The van der Waals surface area contributed by atoms with E-state index in [0.717, 1.165) is 12.8 Å². The van der Waals surface area contributed by atoms with Crippen molar-refractivity contribution in [2.24, 2.45) is 5.41 Å². The van der Waals surface area contributed by atoms with Crippen LogP contribution in [0.15, 0.2) is 36.4 Å². The maximum absolute atomic E-state index is 10.7. The van der Waals surface area contributed by atoms with Crippen LogP contribution in [0.3, 0.4) is 0 Å². The molecule has 0 amide bonds. The van der Waals surface area contributed by atoms with Crippen LogP contribution in [-0.4, -0.2) is 11.1 Å². The second-order valence-electron chi connectivity index (χ2n) is 5.31. The van der Waals surface area contributed by atoms with E-state index >= 15 is 0 Å². The number of aromatic carboxylic acids is 1. The van der Waals surface area contributed by atoms with Gasteiger partial charge in [-0.1, -0.05) is 45.1 Å². The molecule has 1 aromatic rings. The third-order valence-electron chi connectivity index (χ3n) is 2.42. The fourth-order valence-corrected chi connectivity index (χ4v) is 1.50. The molecule has 0 aliphatic rings.